The number of hydrogen-bond acceptors (Lipinski definition) is 5. The SMILES string of the molecule is CC(Cc1nc(-c2ncn[nH]2)no1)CC(C)(C)C. The normalized spacial score (nSPS) is 13.8. The zero-order valence-corrected chi connectivity index (χ0v) is 11.3. The second kappa shape index (κ2) is 4.88. The molecule has 98 valence electrons. The first-order valence-electron chi connectivity index (χ1n) is 6.12. The van der Waals surface area contributed by atoms with Crippen molar-refractivity contribution in [2.24, 2.45) is 11.3 Å². The smallest absolute Gasteiger partial charge is 0.239 e. The largest absolute Gasteiger partial charge is 0.339 e. The van der Waals surface area contributed by atoms with Crippen LogP contribution in [0.15, 0.2) is 10.9 Å². The highest BCUT2D eigenvalue weighted by Crippen LogP contribution is 2.26. The fraction of sp³-hybridized carbons (Fsp3) is 0.667. The van der Waals surface area contributed by atoms with Gasteiger partial charge in [-0.2, -0.15) is 10.1 Å². The zero-order valence-electron chi connectivity index (χ0n) is 11.3. The average molecular weight is 249 g/mol. The second-order valence-electron chi connectivity index (χ2n) is 5.92. The Balaban J connectivity index is 1.99. The van der Waals surface area contributed by atoms with E-state index >= 15 is 0 Å². The molecule has 6 heteroatoms. The van der Waals surface area contributed by atoms with Gasteiger partial charge in [0.25, 0.3) is 0 Å². The highest BCUT2D eigenvalue weighted by atomic mass is 16.5. The van der Waals surface area contributed by atoms with Crippen molar-refractivity contribution < 1.29 is 4.52 Å². The minimum Gasteiger partial charge on any atom is -0.339 e. The van der Waals surface area contributed by atoms with Gasteiger partial charge in [-0.25, -0.2) is 4.98 Å². The number of rotatable bonds is 4. The summed E-state index contributed by atoms with van der Waals surface area (Å²) in [5.41, 5.74) is 0.313. The molecule has 6 nitrogen and oxygen atoms in total. The third-order valence-electron chi connectivity index (χ3n) is 2.58. The molecule has 18 heavy (non-hydrogen) atoms. The Bertz CT molecular complexity index is 483. The molecule has 0 bridgehead atoms. The predicted molar refractivity (Wildman–Crippen MR) is 66.6 cm³/mol. The maximum Gasteiger partial charge on any atom is 0.239 e. The molecule has 2 aromatic rings. The van der Waals surface area contributed by atoms with Gasteiger partial charge in [0, 0.05) is 6.42 Å². The van der Waals surface area contributed by atoms with E-state index in [9.17, 15) is 0 Å². The van der Waals surface area contributed by atoms with Crippen LogP contribution in [-0.4, -0.2) is 25.3 Å². The molecule has 0 aliphatic rings. The summed E-state index contributed by atoms with van der Waals surface area (Å²) in [6.07, 6.45) is 3.33. The van der Waals surface area contributed by atoms with Crippen LogP contribution in [0.4, 0.5) is 0 Å². The van der Waals surface area contributed by atoms with Crippen LogP contribution < -0.4 is 0 Å². The van der Waals surface area contributed by atoms with Crippen LogP contribution in [0, 0.1) is 11.3 Å². The van der Waals surface area contributed by atoms with Gasteiger partial charge < -0.3 is 4.52 Å². The van der Waals surface area contributed by atoms with Crippen molar-refractivity contribution in [1.29, 1.82) is 0 Å². The van der Waals surface area contributed by atoms with Gasteiger partial charge in [0.05, 0.1) is 0 Å². The van der Waals surface area contributed by atoms with Crippen molar-refractivity contribution in [2.45, 2.75) is 40.5 Å². The summed E-state index contributed by atoms with van der Waals surface area (Å²) in [7, 11) is 0. The summed E-state index contributed by atoms with van der Waals surface area (Å²) in [4.78, 5) is 8.30. The molecule has 0 saturated heterocycles. The molecule has 0 spiro atoms. The van der Waals surface area contributed by atoms with Gasteiger partial charge in [-0.3, -0.25) is 5.10 Å². The van der Waals surface area contributed by atoms with E-state index in [2.05, 4.69) is 53.0 Å². The molecule has 0 amide bonds. The van der Waals surface area contributed by atoms with E-state index in [4.69, 9.17) is 4.52 Å². The van der Waals surface area contributed by atoms with Gasteiger partial charge in [0.15, 0.2) is 5.82 Å². The van der Waals surface area contributed by atoms with Gasteiger partial charge >= 0.3 is 0 Å². The molecule has 0 radical (unpaired) electrons. The van der Waals surface area contributed by atoms with Crippen LogP contribution in [-0.2, 0) is 6.42 Å². The van der Waals surface area contributed by atoms with Crippen LogP contribution in [0.3, 0.4) is 0 Å². The van der Waals surface area contributed by atoms with Crippen LogP contribution >= 0.6 is 0 Å². The zero-order chi connectivity index (χ0) is 13.2. The van der Waals surface area contributed by atoms with Crippen molar-refractivity contribution >= 4 is 0 Å². The Hall–Kier alpha value is -1.72. The standard InChI is InChI=1S/C12H19N5O/c1-8(6-12(2,3)4)5-9-15-11(17-18-9)10-13-7-14-16-10/h7-8H,5-6H2,1-4H3,(H,13,14,16). The average Bonchev–Trinajstić information content (AvgIpc) is 2.82. The van der Waals surface area contributed by atoms with Gasteiger partial charge in [0.1, 0.15) is 6.33 Å². The van der Waals surface area contributed by atoms with Gasteiger partial charge in [-0.1, -0.05) is 32.9 Å². The van der Waals surface area contributed by atoms with Crippen LogP contribution in [0.5, 0.6) is 0 Å². The first-order chi connectivity index (χ1) is 8.44. The van der Waals surface area contributed by atoms with Gasteiger partial charge in [-0.15, -0.1) is 0 Å². The molecule has 0 aliphatic heterocycles. The molecule has 2 rings (SSSR count). The molecule has 1 unspecified atom stereocenters. The summed E-state index contributed by atoms with van der Waals surface area (Å²) in [5, 5.41) is 10.4. The molecule has 0 fully saturated rings. The van der Waals surface area contributed by atoms with Crippen LogP contribution in [0.1, 0.15) is 40.0 Å². The quantitative estimate of drug-likeness (QED) is 0.900. The lowest BCUT2D eigenvalue weighted by atomic mass is 9.84. The summed E-state index contributed by atoms with van der Waals surface area (Å²) >= 11 is 0. The van der Waals surface area contributed by atoms with Crippen molar-refractivity contribution in [2.75, 3.05) is 0 Å². The summed E-state index contributed by atoms with van der Waals surface area (Å²) in [6.45, 7) is 8.90. The monoisotopic (exact) mass is 249 g/mol. The third-order valence-corrected chi connectivity index (χ3v) is 2.58. The van der Waals surface area contributed by atoms with Crippen molar-refractivity contribution in [3.05, 3.63) is 12.2 Å². The molecule has 0 aliphatic carbocycles. The molecule has 1 atom stereocenters. The molecule has 2 heterocycles. The Morgan fingerprint density at radius 2 is 2.17 bits per heavy atom. The maximum absolute atomic E-state index is 5.22. The summed E-state index contributed by atoms with van der Waals surface area (Å²) in [6, 6.07) is 0. The lowest BCUT2D eigenvalue weighted by Crippen LogP contribution is -2.12. The molecule has 0 aromatic carbocycles. The molecule has 2 aromatic heterocycles. The summed E-state index contributed by atoms with van der Waals surface area (Å²) < 4.78 is 5.22. The van der Waals surface area contributed by atoms with E-state index in [0.717, 1.165) is 12.8 Å². The molecular formula is C12H19N5O. The second-order valence-corrected chi connectivity index (χ2v) is 5.92. The van der Waals surface area contributed by atoms with E-state index < -0.39 is 0 Å². The van der Waals surface area contributed by atoms with Crippen LogP contribution in [0.2, 0.25) is 0 Å². The number of nitrogens with one attached hydrogen (secondary N) is 1. The topological polar surface area (TPSA) is 80.5 Å². The van der Waals surface area contributed by atoms with Crippen molar-refractivity contribution in [3.63, 3.8) is 0 Å². The predicted octanol–water partition coefficient (Wildman–Crippen LogP) is 2.47. The molecule has 0 saturated carbocycles. The Morgan fingerprint density at radius 1 is 1.39 bits per heavy atom. The maximum atomic E-state index is 5.22. The fourth-order valence-electron chi connectivity index (χ4n) is 2.16. The lowest BCUT2D eigenvalue weighted by Gasteiger charge is -2.21. The lowest BCUT2D eigenvalue weighted by molar-refractivity contribution is 0.283. The summed E-state index contributed by atoms with van der Waals surface area (Å²) in [5.74, 6) is 2.16. The fourth-order valence-corrected chi connectivity index (χ4v) is 2.16. The Morgan fingerprint density at radius 3 is 2.78 bits per heavy atom. The highest BCUT2D eigenvalue weighted by Gasteiger charge is 2.18. The number of aromatic nitrogens is 5. The molecule has 1 N–H and O–H groups in total. The van der Waals surface area contributed by atoms with Crippen molar-refractivity contribution in [1.82, 2.24) is 25.3 Å². The minimum absolute atomic E-state index is 0.313. The number of H-pyrrole nitrogens is 1. The minimum atomic E-state index is 0.313. The van der Waals surface area contributed by atoms with E-state index in [1.165, 1.54) is 6.33 Å². The Kier molecular flexibility index (Phi) is 3.45. The number of hydrogen-bond donors (Lipinski definition) is 1. The number of aromatic amines is 1. The highest BCUT2D eigenvalue weighted by molar-refractivity contribution is 5.39. The third kappa shape index (κ3) is 3.38. The van der Waals surface area contributed by atoms with Crippen molar-refractivity contribution in [3.8, 4) is 11.6 Å². The van der Waals surface area contributed by atoms with Gasteiger partial charge in [-0.05, 0) is 17.8 Å². The van der Waals surface area contributed by atoms with E-state index in [0.29, 0.717) is 28.9 Å². The Labute approximate surface area is 106 Å². The number of nitrogens with zero attached hydrogens (tertiary/aromatic N) is 4. The first kappa shape index (κ1) is 12.7. The molecular weight excluding hydrogens is 230 g/mol. The van der Waals surface area contributed by atoms with E-state index in [1.807, 2.05) is 0 Å². The van der Waals surface area contributed by atoms with E-state index in [1.54, 1.807) is 0 Å². The van der Waals surface area contributed by atoms with Crippen LogP contribution in [0.25, 0.3) is 11.6 Å². The first-order valence-corrected chi connectivity index (χ1v) is 6.12. The van der Waals surface area contributed by atoms with Gasteiger partial charge in [0.2, 0.25) is 11.7 Å². The van der Waals surface area contributed by atoms with E-state index in [-0.39, 0.29) is 0 Å².